The van der Waals surface area contributed by atoms with Gasteiger partial charge < -0.3 is 19.3 Å². The molecule has 0 aliphatic rings. The predicted octanol–water partition coefficient (Wildman–Crippen LogP) is 16.2. The van der Waals surface area contributed by atoms with E-state index < -0.39 is 24.1 Å². The van der Waals surface area contributed by atoms with E-state index in [0.717, 1.165) is 57.8 Å². The average Bonchev–Trinajstić information content (AvgIpc) is 3.29. The minimum atomic E-state index is -0.885. The highest BCUT2D eigenvalue weighted by atomic mass is 16.6. The van der Waals surface area contributed by atoms with Crippen molar-refractivity contribution in [1.82, 2.24) is 0 Å². The van der Waals surface area contributed by atoms with Crippen molar-refractivity contribution in [3.05, 3.63) is 35.9 Å². The molecule has 0 bridgehead atoms. The highest BCUT2D eigenvalue weighted by molar-refractivity contribution is 5.97. The summed E-state index contributed by atoms with van der Waals surface area (Å²) in [6.07, 6.45) is 39.2. The lowest BCUT2D eigenvalue weighted by Crippen LogP contribution is -2.24. The van der Waals surface area contributed by atoms with Crippen molar-refractivity contribution in [2.45, 2.75) is 284 Å². The van der Waals surface area contributed by atoms with Crippen LogP contribution in [0.3, 0.4) is 0 Å². The minimum Gasteiger partial charge on any atom is -0.481 e. The molecule has 9 heteroatoms. The number of benzene rings is 1. The lowest BCUT2D eigenvalue weighted by atomic mass is 10.0. The van der Waals surface area contributed by atoms with E-state index >= 15 is 0 Å². The lowest BCUT2D eigenvalue weighted by molar-refractivity contribution is -0.156. The van der Waals surface area contributed by atoms with Gasteiger partial charge in [0, 0.05) is 18.4 Å². The fourth-order valence-electron chi connectivity index (χ4n) is 8.01. The first-order chi connectivity index (χ1) is 31.7. The van der Waals surface area contributed by atoms with Crippen LogP contribution in [0.15, 0.2) is 30.3 Å². The van der Waals surface area contributed by atoms with Crippen LogP contribution in [-0.4, -0.2) is 53.6 Å². The van der Waals surface area contributed by atoms with Gasteiger partial charge in [-0.15, -0.1) is 0 Å². The van der Waals surface area contributed by atoms with Crippen LogP contribution in [0.1, 0.15) is 282 Å². The van der Waals surface area contributed by atoms with Gasteiger partial charge in [-0.25, -0.2) is 0 Å². The number of ether oxygens (including phenoxy) is 3. The maximum absolute atomic E-state index is 12.5. The summed E-state index contributed by atoms with van der Waals surface area (Å²) >= 11 is 0. The van der Waals surface area contributed by atoms with Gasteiger partial charge in [-0.2, -0.15) is 0 Å². The van der Waals surface area contributed by atoms with Crippen LogP contribution in [0, 0.1) is 0 Å². The third-order valence-corrected chi connectivity index (χ3v) is 12.1. The van der Waals surface area contributed by atoms with Crippen LogP contribution < -0.4 is 0 Å². The number of aliphatic carboxylic acids is 1. The Morgan fingerprint density at radius 3 is 1.09 bits per heavy atom. The number of unbranched alkanes of at least 4 members (excludes halogenated alkanes) is 28. The van der Waals surface area contributed by atoms with Crippen molar-refractivity contribution < 1.29 is 43.3 Å². The monoisotopic (exact) mass is 915 g/mol. The van der Waals surface area contributed by atoms with Gasteiger partial charge in [-0.3, -0.25) is 24.0 Å². The summed E-state index contributed by atoms with van der Waals surface area (Å²) in [6, 6.07) is 8.80. The number of carboxylic acid groups (broad SMARTS) is 1. The van der Waals surface area contributed by atoms with Crippen LogP contribution in [0.5, 0.6) is 0 Å². The predicted molar refractivity (Wildman–Crippen MR) is 267 cm³/mol. The maximum Gasteiger partial charge on any atom is 0.310 e. The highest BCUT2D eigenvalue weighted by Gasteiger charge is 2.21. The molecule has 0 aliphatic heterocycles. The number of carbonyl (C=O) groups is 5. The summed E-state index contributed by atoms with van der Waals surface area (Å²) in [6.45, 7) is 8.58. The van der Waals surface area contributed by atoms with Gasteiger partial charge in [-0.05, 0) is 38.5 Å². The number of rotatable bonds is 45. The van der Waals surface area contributed by atoms with Gasteiger partial charge in [0.1, 0.15) is 12.2 Å². The average molecular weight is 915 g/mol. The molecular weight excluding hydrogens is 817 g/mol. The molecule has 1 aromatic carbocycles. The number of Topliss-reactive ketones (excluding diaryl/α,β-unsaturated/α-hetero) is 1. The summed E-state index contributed by atoms with van der Waals surface area (Å²) < 4.78 is 16.4. The standard InChI is InChI=1S/C32H52O5.C24H46O4/c1-3-5-7-9-11-12-14-15-20-24-29(37-31(34)25-21-16-13-10-8-6-4-2)26-32(35)36-27-30(33)28-22-18-17-19-23-28;1-3-5-7-9-11-12-14-15-17-19-22(21-23(25)26)28-24(27)20-18-16-13-10-8-6-4-2/h17-19,22-23,29H,3-16,20-21,24-27H2,1-2H3;22H,3-21H2,1-2H3,(H,25,26)/t29-;22-/m11/s1. The zero-order valence-corrected chi connectivity index (χ0v) is 42.3. The normalized spacial score (nSPS) is 11.9. The molecule has 0 heterocycles. The van der Waals surface area contributed by atoms with Crippen LogP contribution in [0.2, 0.25) is 0 Å². The summed E-state index contributed by atoms with van der Waals surface area (Å²) in [5, 5.41) is 9.07. The molecule has 1 N–H and O–H groups in total. The quantitative estimate of drug-likeness (QED) is 0.0294. The molecule has 376 valence electrons. The summed E-state index contributed by atoms with van der Waals surface area (Å²) in [5.74, 6) is -2.07. The summed E-state index contributed by atoms with van der Waals surface area (Å²) in [7, 11) is 0. The molecule has 2 atom stereocenters. The van der Waals surface area contributed by atoms with E-state index in [2.05, 4.69) is 27.7 Å². The highest BCUT2D eigenvalue weighted by Crippen LogP contribution is 2.19. The molecule has 0 amide bonds. The van der Waals surface area contributed by atoms with Crippen LogP contribution in [0.25, 0.3) is 0 Å². The van der Waals surface area contributed by atoms with Crippen molar-refractivity contribution in [3.63, 3.8) is 0 Å². The number of carbonyl (C=O) groups excluding carboxylic acids is 4. The molecule has 0 aromatic heterocycles. The van der Waals surface area contributed by atoms with Gasteiger partial charge >= 0.3 is 23.9 Å². The zero-order valence-electron chi connectivity index (χ0n) is 42.3. The lowest BCUT2D eigenvalue weighted by Gasteiger charge is -2.17. The number of ketones is 1. The Balaban J connectivity index is 0.00000131. The number of hydrogen-bond acceptors (Lipinski definition) is 8. The number of esters is 3. The fraction of sp³-hybridized carbons (Fsp3) is 0.804. The zero-order chi connectivity index (χ0) is 47.9. The van der Waals surface area contributed by atoms with Crippen molar-refractivity contribution in [2.75, 3.05) is 6.61 Å². The Labute approximate surface area is 398 Å². The molecule has 9 nitrogen and oxygen atoms in total. The van der Waals surface area contributed by atoms with E-state index in [1.807, 2.05) is 6.07 Å². The molecule has 0 saturated heterocycles. The molecule has 0 spiro atoms. The van der Waals surface area contributed by atoms with Gasteiger partial charge in [0.15, 0.2) is 12.4 Å². The third-order valence-electron chi connectivity index (χ3n) is 12.1. The van der Waals surface area contributed by atoms with E-state index in [4.69, 9.17) is 19.3 Å². The van der Waals surface area contributed by atoms with Gasteiger partial charge in [0.25, 0.3) is 0 Å². The molecule has 1 rings (SSSR count). The molecule has 65 heavy (non-hydrogen) atoms. The molecule has 0 saturated carbocycles. The summed E-state index contributed by atoms with van der Waals surface area (Å²) in [4.78, 5) is 60.2. The van der Waals surface area contributed by atoms with E-state index in [1.165, 1.54) is 148 Å². The first-order valence-corrected chi connectivity index (χ1v) is 27.0. The summed E-state index contributed by atoms with van der Waals surface area (Å²) in [5.41, 5.74) is 0.516. The van der Waals surface area contributed by atoms with E-state index in [9.17, 15) is 24.0 Å². The minimum absolute atomic E-state index is 0.00183. The Morgan fingerprint density at radius 2 is 0.738 bits per heavy atom. The Kier molecular flexibility index (Phi) is 44.9. The van der Waals surface area contributed by atoms with Crippen molar-refractivity contribution in [2.24, 2.45) is 0 Å². The molecule has 0 aliphatic carbocycles. The van der Waals surface area contributed by atoms with Gasteiger partial charge in [-0.1, -0.05) is 238 Å². The van der Waals surface area contributed by atoms with Gasteiger partial charge in [0.05, 0.1) is 12.8 Å². The first kappa shape index (κ1) is 61.8. The Morgan fingerprint density at radius 1 is 0.415 bits per heavy atom. The second-order valence-electron chi connectivity index (χ2n) is 18.5. The Bertz CT molecular complexity index is 1270. The topological polar surface area (TPSA) is 133 Å². The van der Waals surface area contributed by atoms with Crippen LogP contribution in [-0.2, 0) is 33.4 Å². The molecular formula is C56H98O9. The maximum atomic E-state index is 12.5. The SMILES string of the molecule is CCCCCCCCCCC[C@H](CC(=O)O)OC(=O)CCCCCCCCC.CCCCCCCCCCC[C@H](CC(=O)OCC(=O)c1ccccc1)OC(=O)CCCCCCCCC. The second-order valence-corrected chi connectivity index (χ2v) is 18.5. The first-order valence-electron chi connectivity index (χ1n) is 27.0. The molecule has 0 fully saturated rings. The van der Waals surface area contributed by atoms with E-state index in [-0.39, 0.29) is 37.2 Å². The largest absolute Gasteiger partial charge is 0.481 e. The number of carboxylic acids is 1. The van der Waals surface area contributed by atoms with Gasteiger partial charge in [0.2, 0.25) is 0 Å². The second kappa shape index (κ2) is 47.3. The molecule has 0 unspecified atom stereocenters. The molecule has 1 aromatic rings. The Hall–Kier alpha value is -3.23. The van der Waals surface area contributed by atoms with Crippen LogP contribution >= 0.6 is 0 Å². The van der Waals surface area contributed by atoms with Crippen molar-refractivity contribution >= 4 is 29.7 Å². The van der Waals surface area contributed by atoms with Crippen molar-refractivity contribution in [1.29, 1.82) is 0 Å². The number of hydrogen-bond donors (Lipinski definition) is 1. The van der Waals surface area contributed by atoms with Crippen LogP contribution in [0.4, 0.5) is 0 Å². The van der Waals surface area contributed by atoms with Crippen molar-refractivity contribution in [3.8, 4) is 0 Å². The smallest absolute Gasteiger partial charge is 0.310 e. The van der Waals surface area contributed by atoms with E-state index in [1.54, 1.807) is 24.3 Å². The van der Waals surface area contributed by atoms with E-state index in [0.29, 0.717) is 31.2 Å². The molecule has 0 radical (unpaired) electrons. The third kappa shape index (κ3) is 43.1. The fourth-order valence-corrected chi connectivity index (χ4v) is 8.01.